The monoisotopic (exact) mass is 527 g/mol. The van der Waals surface area contributed by atoms with Gasteiger partial charge in [-0.05, 0) is 52.3 Å². The van der Waals surface area contributed by atoms with Crippen LogP contribution in [0, 0.1) is 25.5 Å². The molecule has 0 aliphatic carbocycles. The molecule has 0 aromatic carbocycles. The van der Waals surface area contributed by atoms with Crippen molar-refractivity contribution in [1.82, 2.24) is 24.5 Å². The molecule has 1 N–H and O–H groups in total. The van der Waals surface area contributed by atoms with Crippen LogP contribution in [0.4, 0.5) is 8.78 Å². The number of hydrogen-bond acceptors (Lipinski definition) is 7. The van der Waals surface area contributed by atoms with Crippen LogP contribution in [0.25, 0.3) is 17.1 Å². The Morgan fingerprint density at radius 2 is 1.81 bits per heavy atom. The van der Waals surface area contributed by atoms with Gasteiger partial charge in [0.05, 0.1) is 23.3 Å². The van der Waals surface area contributed by atoms with Gasteiger partial charge in [0.1, 0.15) is 34.0 Å². The lowest BCUT2D eigenvalue weighted by molar-refractivity contribution is 0.0688. The fraction of sp³-hybridized carbons (Fsp3) is 0.269. The van der Waals surface area contributed by atoms with E-state index in [4.69, 9.17) is 16.3 Å². The van der Waals surface area contributed by atoms with E-state index in [9.17, 15) is 18.7 Å². The minimum atomic E-state index is -1.25. The predicted octanol–water partition coefficient (Wildman–Crippen LogP) is 5.00. The molecular weight excluding hydrogens is 504 g/mol. The third-order valence-corrected chi connectivity index (χ3v) is 5.95. The van der Waals surface area contributed by atoms with E-state index in [0.717, 1.165) is 6.20 Å². The first kappa shape index (κ1) is 26.3. The van der Waals surface area contributed by atoms with Gasteiger partial charge in [0.2, 0.25) is 0 Å². The van der Waals surface area contributed by atoms with E-state index in [0.29, 0.717) is 34.4 Å². The van der Waals surface area contributed by atoms with Crippen LogP contribution in [0.15, 0.2) is 47.7 Å². The molecule has 4 rings (SSSR count). The molecule has 0 aliphatic rings. The molecule has 8 nitrogen and oxygen atoms in total. The number of aliphatic hydroxyl groups is 1. The Labute approximate surface area is 216 Å². The maximum Gasteiger partial charge on any atom is 0.277 e. The van der Waals surface area contributed by atoms with Crippen LogP contribution in [-0.2, 0) is 5.60 Å². The van der Waals surface area contributed by atoms with E-state index in [1.54, 1.807) is 52.1 Å². The van der Waals surface area contributed by atoms with E-state index in [2.05, 4.69) is 19.9 Å². The summed E-state index contributed by atoms with van der Waals surface area (Å²) in [7, 11) is 0. The van der Waals surface area contributed by atoms with Crippen molar-refractivity contribution in [3.05, 3.63) is 92.6 Å². The predicted molar refractivity (Wildman–Crippen MR) is 134 cm³/mol. The third-order valence-electron chi connectivity index (χ3n) is 5.61. The van der Waals surface area contributed by atoms with Crippen molar-refractivity contribution in [2.24, 2.45) is 0 Å². The topological polar surface area (TPSA) is 103 Å². The molecule has 4 aromatic rings. The summed E-state index contributed by atoms with van der Waals surface area (Å²) < 4.78 is 34.5. The summed E-state index contributed by atoms with van der Waals surface area (Å²) >= 11 is 6.40. The molecule has 0 aliphatic heterocycles. The van der Waals surface area contributed by atoms with Gasteiger partial charge in [-0.25, -0.2) is 18.7 Å². The lowest BCUT2D eigenvalue weighted by atomic mass is 10.1. The molecular formula is C26H24ClF2N5O3. The zero-order chi connectivity index (χ0) is 27.1. The maximum atomic E-state index is 14.2. The minimum absolute atomic E-state index is 0.0380. The highest BCUT2D eigenvalue weighted by molar-refractivity contribution is 6.31. The number of halogens is 3. The molecule has 37 heavy (non-hydrogen) atoms. The summed E-state index contributed by atoms with van der Waals surface area (Å²) in [5.41, 5.74) is 0.703. The third kappa shape index (κ3) is 5.35. The molecule has 11 heteroatoms. The molecule has 0 saturated carbocycles. The highest BCUT2D eigenvalue weighted by Crippen LogP contribution is 2.30. The quantitative estimate of drug-likeness (QED) is 0.376. The summed E-state index contributed by atoms with van der Waals surface area (Å²) in [6, 6.07) is 5.61. The lowest BCUT2D eigenvalue weighted by Crippen LogP contribution is -2.23. The largest absolute Gasteiger partial charge is 0.482 e. The summed E-state index contributed by atoms with van der Waals surface area (Å²) in [6.45, 7) is 8.17. The van der Waals surface area contributed by atoms with Gasteiger partial charge in [-0.3, -0.25) is 19.3 Å². The van der Waals surface area contributed by atoms with Crippen molar-refractivity contribution in [1.29, 1.82) is 0 Å². The zero-order valence-electron chi connectivity index (χ0n) is 20.8. The van der Waals surface area contributed by atoms with Crippen molar-refractivity contribution < 1.29 is 18.6 Å². The van der Waals surface area contributed by atoms with Crippen LogP contribution in [0.5, 0.6) is 5.75 Å². The molecule has 0 saturated heterocycles. The van der Waals surface area contributed by atoms with E-state index in [1.165, 1.54) is 17.7 Å². The minimum Gasteiger partial charge on any atom is -0.482 e. The van der Waals surface area contributed by atoms with Crippen LogP contribution >= 0.6 is 11.6 Å². The van der Waals surface area contributed by atoms with Crippen molar-refractivity contribution in [3.8, 4) is 22.8 Å². The number of hydrogen-bond donors (Lipinski definition) is 1. The maximum absolute atomic E-state index is 14.2. The summed E-state index contributed by atoms with van der Waals surface area (Å²) in [4.78, 5) is 30.1. The molecule has 192 valence electrons. The van der Waals surface area contributed by atoms with Gasteiger partial charge in [0, 0.05) is 30.2 Å². The second-order valence-electron chi connectivity index (χ2n) is 9.07. The van der Waals surface area contributed by atoms with Crippen LogP contribution in [0.3, 0.4) is 0 Å². The van der Waals surface area contributed by atoms with Gasteiger partial charge >= 0.3 is 0 Å². The van der Waals surface area contributed by atoms with Gasteiger partial charge in [-0.15, -0.1) is 0 Å². The Balaban J connectivity index is 1.75. The van der Waals surface area contributed by atoms with Gasteiger partial charge < -0.3 is 9.84 Å². The molecule has 0 radical (unpaired) electrons. The Hall–Kier alpha value is -3.76. The molecule has 0 fully saturated rings. The SMILES string of the molecule is Cc1cnc(-c2ccnc(C(C)(C)O)n2)cc1-n1c(C)cc(O[C@@H](C)c2ncc(F)cc2F)c(Cl)c1=O. The highest BCUT2D eigenvalue weighted by Gasteiger charge is 2.22. The Morgan fingerprint density at radius 1 is 1.08 bits per heavy atom. The number of aryl methyl sites for hydroxylation is 2. The summed E-state index contributed by atoms with van der Waals surface area (Å²) in [6.07, 6.45) is 3.07. The molecule has 4 aromatic heterocycles. The first-order valence-electron chi connectivity index (χ1n) is 11.3. The smallest absolute Gasteiger partial charge is 0.277 e. The molecule has 0 spiro atoms. The summed E-state index contributed by atoms with van der Waals surface area (Å²) in [5, 5.41) is 10.1. The number of pyridine rings is 3. The van der Waals surface area contributed by atoms with Gasteiger partial charge in [0.15, 0.2) is 11.6 Å². The Bertz CT molecular complexity index is 1550. The van der Waals surface area contributed by atoms with E-state index >= 15 is 0 Å². The normalized spacial score (nSPS) is 12.5. The van der Waals surface area contributed by atoms with Crippen LogP contribution < -0.4 is 10.3 Å². The number of nitrogens with zero attached hydrogens (tertiary/aromatic N) is 5. The number of rotatable bonds is 6. The average molecular weight is 528 g/mol. The van der Waals surface area contributed by atoms with Crippen molar-refractivity contribution in [2.45, 2.75) is 46.3 Å². The standard InChI is InChI=1S/C26H24ClF2N5O3/c1-13-11-31-19(18-6-7-30-25(33-18)26(4,5)36)10-20(13)34-14(2)8-21(22(27)24(34)35)37-15(3)23-17(29)9-16(28)12-32-23/h6-12,15,36H,1-5H3/t15-/m0/s1. The van der Waals surface area contributed by atoms with Crippen LogP contribution in [0.1, 0.15) is 49.7 Å². The fourth-order valence-electron chi connectivity index (χ4n) is 3.73. The average Bonchev–Trinajstić information content (AvgIpc) is 2.83. The zero-order valence-corrected chi connectivity index (χ0v) is 21.5. The van der Waals surface area contributed by atoms with Crippen molar-refractivity contribution in [3.63, 3.8) is 0 Å². The molecule has 0 amide bonds. The van der Waals surface area contributed by atoms with Crippen molar-refractivity contribution in [2.75, 3.05) is 0 Å². The molecule has 1 atom stereocenters. The summed E-state index contributed by atoms with van der Waals surface area (Å²) in [5.74, 6) is -1.41. The van der Waals surface area contributed by atoms with Gasteiger partial charge in [0.25, 0.3) is 5.56 Å². The molecule has 0 unspecified atom stereocenters. The van der Waals surface area contributed by atoms with Crippen LogP contribution in [0.2, 0.25) is 5.02 Å². The second kappa shape index (κ2) is 9.95. The first-order valence-corrected chi connectivity index (χ1v) is 11.7. The number of aromatic nitrogens is 5. The van der Waals surface area contributed by atoms with E-state index in [1.807, 2.05) is 0 Å². The van der Waals surface area contributed by atoms with Gasteiger partial charge in [-0.1, -0.05) is 11.6 Å². The van der Waals surface area contributed by atoms with Crippen molar-refractivity contribution >= 4 is 11.6 Å². The number of ether oxygens (including phenoxy) is 1. The van der Waals surface area contributed by atoms with Crippen LogP contribution in [-0.4, -0.2) is 29.6 Å². The second-order valence-corrected chi connectivity index (χ2v) is 9.44. The highest BCUT2D eigenvalue weighted by atomic mass is 35.5. The van der Waals surface area contributed by atoms with Gasteiger partial charge in [-0.2, -0.15) is 0 Å². The fourth-order valence-corrected chi connectivity index (χ4v) is 3.91. The Morgan fingerprint density at radius 3 is 2.49 bits per heavy atom. The molecule has 0 bridgehead atoms. The Kier molecular flexibility index (Phi) is 7.07. The first-order chi connectivity index (χ1) is 17.4. The van der Waals surface area contributed by atoms with E-state index in [-0.39, 0.29) is 22.3 Å². The lowest BCUT2D eigenvalue weighted by Gasteiger charge is -2.19. The van der Waals surface area contributed by atoms with E-state index < -0.39 is 28.9 Å². The molecule has 4 heterocycles.